The Labute approximate surface area is 133 Å². The molecule has 2 aromatic rings. The van der Waals surface area contributed by atoms with Crippen LogP contribution < -0.4 is 0 Å². The summed E-state index contributed by atoms with van der Waals surface area (Å²) in [6.45, 7) is 3.53. The topological polar surface area (TPSA) is 54.5 Å². The van der Waals surface area contributed by atoms with Gasteiger partial charge in [0, 0.05) is 10.5 Å². The van der Waals surface area contributed by atoms with E-state index in [0.717, 1.165) is 14.7 Å². The molecule has 0 bridgehead atoms. The summed E-state index contributed by atoms with van der Waals surface area (Å²) in [6, 6.07) is 9.67. The van der Waals surface area contributed by atoms with Crippen LogP contribution in [0.25, 0.3) is 0 Å². The molecule has 1 aromatic carbocycles. The molecule has 1 aliphatic heterocycles. The van der Waals surface area contributed by atoms with E-state index in [9.17, 15) is 13.2 Å². The molecule has 1 aliphatic rings. The number of sulfonamides is 1. The zero-order chi connectivity index (χ0) is 15.9. The van der Waals surface area contributed by atoms with Crippen molar-refractivity contribution in [1.82, 2.24) is 4.31 Å². The number of hydrogen-bond acceptors (Lipinski definition) is 4. The van der Waals surface area contributed by atoms with Crippen LogP contribution in [0.15, 0.2) is 58.3 Å². The molecule has 0 fully saturated rings. The molecule has 0 saturated heterocycles. The minimum Gasteiger partial charge on any atom is -0.268 e. The van der Waals surface area contributed by atoms with Gasteiger partial charge in [0.1, 0.15) is 6.04 Å². The van der Waals surface area contributed by atoms with E-state index in [2.05, 4.69) is 0 Å². The molecule has 4 nitrogen and oxygen atoms in total. The van der Waals surface area contributed by atoms with E-state index in [4.69, 9.17) is 0 Å². The molecule has 1 amide bonds. The number of carbonyl (C=O) groups is 1. The van der Waals surface area contributed by atoms with Crippen LogP contribution in [0, 0.1) is 6.92 Å². The van der Waals surface area contributed by atoms with Gasteiger partial charge in [0.15, 0.2) is 0 Å². The van der Waals surface area contributed by atoms with Crippen molar-refractivity contribution >= 4 is 27.3 Å². The maximum atomic E-state index is 12.9. The molecular weight excluding hydrogens is 318 g/mol. The highest BCUT2D eigenvalue weighted by Crippen LogP contribution is 2.37. The highest BCUT2D eigenvalue weighted by molar-refractivity contribution is 7.89. The van der Waals surface area contributed by atoms with Crippen LogP contribution >= 0.6 is 11.3 Å². The molecular formula is C16H15NO3S2. The van der Waals surface area contributed by atoms with Gasteiger partial charge in [0.2, 0.25) is 0 Å². The van der Waals surface area contributed by atoms with Crippen molar-refractivity contribution in [2.24, 2.45) is 0 Å². The third kappa shape index (κ3) is 2.38. The maximum Gasteiger partial charge on any atom is 0.267 e. The molecule has 1 aromatic heterocycles. The number of aryl methyl sites for hydroxylation is 1. The van der Waals surface area contributed by atoms with E-state index in [0.29, 0.717) is 5.57 Å². The molecule has 0 N–H and O–H groups in total. The molecule has 1 unspecified atom stereocenters. The molecule has 0 aliphatic carbocycles. The van der Waals surface area contributed by atoms with Crippen LogP contribution in [0.5, 0.6) is 0 Å². The van der Waals surface area contributed by atoms with Gasteiger partial charge in [0.25, 0.3) is 15.9 Å². The van der Waals surface area contributed by atoms with E-state index < -0.39 is 22.0 Å². The summed E-state index contributed by atoms with van der Waals surface area (Å²) in [5.41, 5.74) is 1.42. The highest BCUT2D eigenvalue weighted by atomic mass is 32.2. The molecule has 2 heterocycles. The standard InChI is InChI=1S/C16H15NO3S2/c1-11-5-7-13(8-6-11)22(19,20)17-14(10-12(2)16(17)18)15-4-3-9-21-15/h3-10,14H,1-2H3. The number of nitrogens with zero attached hydrogens (tertiary/aromatic N) is 1. The maximum absolute atomic E-state index is 12.9. The van der Waals surface area contributed by atoms with Crippen molar-refractivity contribution < 1.29 is 13.2 Å². The summed E-state index contributed by atoms with van der Waals surface area (Å²) in [4.78, 5) is 13.4. The summed E-state index contributed by atoms with van der Waals surface area (Å²) < 4.78 is 26.8. The van der Waals surface area contributed by atoms with Gasteiger partial charge >= 0.3 is 0 Å². The fourth-order valence-corrected chi connectivity index (χ4v) is 4.81. The van der Waals surface area contributed by atoms with Gasteiger partial charge in [-0.3, -0.25) is 4.79 Å². The van der Waals surface area contributed by atoms with Crippen LogP contribution in [-0.4, -0.2) is 18.6 Å². The number of hydrogen-bond donors (Lipinski definition) is 0. The Morgan fingerprint density at radius 3 is 2.36 bits per heavy atom. The molecule has 0 radical (unpaired) electrons. The Bertz CT molecular complexity index is 834. The van der Waals surface area contributed by atoms with E-state index in [1.165, 1.54) is 23.5 Å². The zero-order valence-electron chi connectivity index (χ0n) is 12.2. The predicted octanol–water partition coefficient (Wildman–Crippen LogP) is 3.28. The number of benzene rings is 1. The van der Waals surface area contributed by atoms with Crippen molar-refractivity contribution in [1.29, 1.82) is 0 Å². The Kier molecular flexibility index (Phi) is 3.66. The van der Waals surface area contributed by atoms with Crippen molar-refractivity contribution in [3.63, 3.8) is 0 Å². The Morgan fingerprint density at radius 1 is 1.09 bits per heavy atom. The van der Waals surface area contributed by atoms with Crippen molar-refractivity contribution in [2.45, 2.75) is 24.8 Å². The van der Waals surface area contributed by atoms with E-state index in [1.54, 1.807) is 25.1 Å². The molecule has 1 atom stereocenters. The van der Waals surface area contributed by atoms with E-state index in [-0.39, 0.29) is 4.90 Å². The second kappa shape index (κ2) is 5.37. The van der Waals surface area contributed by atoms with Gasteiger partial charge in [-0.25, -0.2) is 12.7 Å². The lowest BCUT2D eigenvalue weighted by molar-refractivity contribution is -0.122. The number of thiophene rings is 1. The molecule has 6 heteroatoms. The van der Waals surface area contributed by atoms with Crippen LogP contribution in [0.4, 0.5) is 0 Å². The van der Waals surface area contributed by atoms with Crippen molar-refractivity contribution in [3.8, 4) is 0 Å². The average Bonchev–Trinajstić information content (AvgIpc) is 3.09. The van der Waals surface area contributed by atoms with Gasteiger partial charge in [-0.15, -0.1) is 11.3 Å². The summed E-state index contributed by atoms with van der Waals surface area (Å²) in [7, 11) is -3.87. The van der Waals surface area contributed by atoms with Gasteiger partial charge in [0.05, 0.1) is 4.90 Å². The second-order valence-electron chi connectivity index (χ2n) is 5.23. The summed E-state index contributed by atoms with van der Waals surface area (Å²) in [6.07, 6.45) is 1.71. The fourth-order valence-electron chi connectivity index (χ4n) is 2.42. The summed E-state index contributed by atoms with van der Waals surface area (Å²) in [5.74, 6) is -0.459. The lowest BCUT2D eigenvalue weighted by Gasteiger charge is -2.23. The number of rotatable bonds is 3. The first-order valence-corrected chi connectivity index (χ1v) is 9.10. The van der Waals surface area contributed by atoms with Crippen LogP contribution in [0.1, 0.15) is 23.4 Å². The molecule has 22 heavy (non-hydrogen) atoms. The van der Waals surface area contributed by atoms with Gasteiger partial charge in [-0.2, -0.15) is 0 Å². The summed E-state index contributed by atoms with van der Waals surface area (Å²) >= 11 is 1.44. The predicted molar refractivity (Wildman–Crippen MR) is 86.0 cm³/mol. The second-order valence-corrected chi connectivity index (χ2v) is 8.02. The lowest BCUT2D eigenvalue weighted by Crippen LogP contribution is -2.35. The number of carbonyl (C=O) groups excluding carboxylic acids is 1. The quantitative estimate of drug-likeness (QED) is 0.866. The molecule has 0 spiro atoms. The minimum atomic E-state index is -3.87. The third-order valence-corrected chi connectivity index (χ3v) is 6.33. The smallest absolute Gasteiger partial charge is 0.267 e. The average molecular weight is 333 g/mol. The van der Waals surface area contributed by atoms with Gasteiger partial charge in [-0.05, 0) is 43.5 Å². The van der Waals surface area contributed by atoms with Gasteiger partial charge < -0.3 is 0 Å². The van der Waals surface area contributed by atoms with E-state index >= 15 is 0 Å². The van der Waals surface area contributed by atoms with E-state index in [1.807, 2.05) is 24.4 Å². The normalized spacial score (nSPS) is 18.6. The first kappa shape index (κ1) is 15.0. The third-order valence-electron chi connectivity index (χ3n) is 3.61. The van der Waals surface area contributed by atoms with Gasteiger partial charge in [-0.1, -0.05) is 23.8 Å². The first-order valence-electron chi connectivity index (χ1n) is 6.78. The Hall–Kier alpha value is -1.92. The SMILES string of the molecule is CC1=CC(c2cccs2)N(S(=O)(=O)c2ccc(C)cc2)C1=O. The fraction of sp³-hybridized carbons (Fsp3) is 0.188. The minimum absolute atomic E-state index is 0.135. The Balaban J connectivity index is 2.08. The van der Waals surface area contributed by atoms with Crippen molar-refractivity contribution in [3.05, 3.63) is 63.9 Å². The number of amides is 1. The van der Waals surface area contributed by atoms with Crippen LogP contribution in [0.2, 0.25) is 0 Å². The molecule has 114 valence electrons. The first-order chi connectivity index (χ1) is 10.4. The lowest BCUT2D eigenvalue weighted by atomic mass is 10.2. The van der Waals surface area contributed by atoms with Crippen molar-refractivity contribution in [2.75, 3.05) is 0 Å². The highest BCUT2D eigenvalue weighted by Gasteiger charge is 2.41. The zero-order valence-corrected chi connectivity index (χ0v) is 13.8. The summed E-state index contributed by atoms with van der Waals surface area (Å²) in [5, 5.41) is 1.87. The monoisotopic (exact) mass is 333 g/mol. The molecule has 3 rings (SSSR count). The Morgan fingerprint density at radius 2 is 1.77 bits per heavy atom. The molecule has 0 saturated carbocycles. The van der Waals surface area contributed by atoms with Crippen LogP contribution in [0.3, 0.4) is 0 Å². The largest absolute Gasteiger partial charge is 0.268 e. The van der Waals surface area contributed by atoms with Crippen LogP contribution in [-0.2, 0) is 14.8 Å².